The van der Waals surface area contributed by atoms with Crippen LogP contribution in [0.1, 0.15) is 24.2 Å². The van der Waals surface area contributed by atoms with E-state index in [0.29, 0.717) is 5.69 Å². The fraction of sp³-hybridized carbons (Fsp3) is 0.267. The Balaban J connectivity index is 2.99. The van der Waals surface area contributed by atoms with Gasteiger partial charge in [-0.15, -0.1) is 0 Å². The summed E-state index contributed by atoms with van der Waals surface area (Å²) < 4.78 is 9.62. The summed E-state index contributed by atoms with van der Waals surface area (Å²) in [5.41, 5.74) is 0.347. The molecule has 0 aliphatic heterocycles. The van der Waals surface area contributed by atoms with Crippen LogP contribution < -0.4 is 5.32 Å². The largest absolute Gasteiger partial charge is 0.462 e. The normalized spacial score (nSPS) is 10.5. The third-order valence-corrected chi connectivity index (χ3v) is 2.89. The van der Waals surface area contributed by atoms with Crippen molar-refractivity contribution in [3.8, 4) is 6.07 Å². The van der Waals surface area contributed by atoms with E-state index in [2.05, 4.69) is 5.32 Å². The Hall–Kier alpha value is -2.52. The van der Waals surface area contributed by atoms with Gasteiger partial charge < -0.3 is 14.8 Å². The molecule has 116 valence electrons. The molecule has 0 saturated carbocycles. The smallest absolute Gasteiger partial charge is 0.350 e. The second kappa shape index (κ2) is 8.70. The topological polar surface area (TPSA) is 88.4 Å². The Morgan fingerprint density at radius 2 is 2.00 bits per heavy atom. The van der Waals surface area contributed by atoms with E-state index in [0.717, 1.165) is 0 Å². The number of carbonyl (C=O) groups excluding carboxylic acids is 2. The fourth-order valence-corrected chi connectivity index (χ4v) is 1.76. The van der Waals surface area contributed by atoms with Crippen LogP contribution in [0.3, 0.4) is 0 Å². The zero-order chi connectivity index (χ0) is 16.5. The number of ether oxygens (including phenoxy) is 2. The molecule has 0 spiro atoms. The van der Waals surface area contributed by atoms with Gasteiger partial charge in [0.05, 0.1) is 29.5 Å². The van der Waals surface area contributed by atoms with Gasteiger partial charge in [-0.05, 0) is 26.0 Å². The summed E-state index contributed by atoms with van der Waals surface area (Å²) in [5, 5.41) is 11.8. The number of nitrogens with zero attached hydrogens (tertiary/aromatic N) is 1. The van der Waals surface area contributed by atoms with E-state index >= 15 is 0 Å². The molecule has 6 nitrogen and oxygen atoms in total. The third kappa shape index (κ3) is 4.50. The highest BCUT2D eigenvalue weighted by Gasteiger charge is 2.15. The lowest BCUT2D eigenvalue weighted by Crippen LogP contribution is -2.09. The number of esters is 2. The Morgan fingerprint density at radius 1 is 1.32 bits per heavy atom. The van der Waals surface area contributed by atoms with Gasteiger partial charge in [0.15, 0.2) is 5.57 Å². The third-order valence-electron chi connectivity index (χ3n) is 2.48. The molecule has 1 N–H and O–H groups in total. The standard InChI is InChI=1S/C15H15ClN2O4/c1-3-21-14(19)10(8-17)9-18-12-7-5-6-11(13(12)16)15(20)22-4-2/h5-7,9,18H,3-4H2,1-2H3. The minimum Gasteiger partial charge on any atom is -0.462 e. The predicted molar refractivity (Wildman–Crippen MR) is 81.4 cm³/mol. The number of anilines is 1. The molecule has 0 aliphatic rings. The Kier molecular flexibility index (Phi) is 6.93. The average Bonchev–Trinajstić information content (AvgIpc) is 2.49. The number of hydrogen-bond donors (Lipinski definition) is 1. The van der Waals surface area contributed by atoms with Crippen LogP contribution >= 0.6 is 11.6 Å². The summed E-state index contributed by atoms with van der Waals surface area (Å²) in [6.45, 7) is 3.72. The molecule has 0 heterocycles. The van der Waals surface area contributed by atoms with Gasteiger partial charge >= 0.3 is 11.9 Å². The average molecular weight is 323 g/mol. The van der Waals surface area contributed by atoms with Gasteiger partial charge in [-0.3, -0.25) is 0 Å². The molecular formula is C15H15ClN2O4. The monoisotopic (exact) mass is 322 g/mol. The zero-order valence-electron chi connectivity index (χ0n) is 12.2. The predicted octanol–water partition coefficient (Wildman–Crippen LogP) is 2.90. The van der Waals surface area contributed by atoms with Crippen LogP contribution in [-0.4, -0.2) is 25.2 Å². The van der Waals surface area contributed by atoms with Crippen molar-refractivity contribution in [3.05, 3.63) is 40.6 Å². The van der Waals surface area contributed by atoms with Gasteiger partial charge in [-0.2, -0.15) is 5.26 Å². The molecule has 0 aromatic heterocycles. The van der Waals surface area contributed by atoms with Crippen molar-refractivity contribution in [1.29, 1.82) is 5.26 Å². The van der Waals surface area contributed by atoms with E-state index in [1.165, 1.54) is 12.3 Å². The van der Waals surface area contributed by atoms with Crippen LogP contribution in [0.5, 0.6) is 0 Å². The highest BCUT2D eigenvalue weighted by Crippen LogP contribution is 2.26. The number of nitriles is 1. The molecule has 22 heavy (non-hydrogen) atoms. The fourth-order valence-electron chi connectivity index (χ4n) is 1.51. The Bertz CT molecular complexity index is 635. The highest BCUT2D eigenvalue weighted by atomic mass is 35.5. The maximum absolute atomic E-state index is 11.7. The van der Waals surface area contributed by atoms with Crippen molar-refractivity contribution in [2.75, 3.05) is 18.5 Å². The quantitative estimate of drug-likeness (QED) is 0.492. The van der Waals surface area contributed by atoms with Crippen molar-refractivity contribution < 1.29 is 19.1 Å². The number of halogens is 1. The van der Waals surface area contributed by atoms with Crippen molar-refractivity contribution in [1.82, 2.24) is 0 Å². The summed E-state index contributed by atoms with van der Waals surface area (Å²) >= 11 is 6.12. The van der Waals surface area contributed by atoms with Gasteiger partial charge in [0.25, 0.3) is 0 Å². The summed E-state index contributed by atoms with van der Waals surface area (Å²) in [6, 6.07) is 6.44. The minimum atomic E-state index is -0.741. The number of rotatable bonds is 6. The van der Waals surface area contributed by atoms with E-state index in [4.69, 9.17) is 26.3 Å². The number of nitrogens with one attached hydrogen (secondary N) is 1. The lowest BCUT2D eigenvalue weighted by Gasteiger charge is -2.09. The van der Waals surface area contributed by atoms with Crippen LogP contribution in [0.4, 0.5) is 5.69 Å². The highest BCUT2D eigenvalue weighted by molar-refractivity contribution is 6.36. The minimum absolute atomic E-state index is 0.137. The van der Waals surface area contributed by atoms with Gasteiger partial charge in [0, 0.05) is 6.20 Å². The van der Waals surface area contributed by atoms with Crippen molar-refractivity contribution in [2.24, 2.45) is 0 Å². The van der Waals surface area contributed by atoms with E-state index in [1.807, 2.05) is 0 Å². The second-order valence-electron chi connectivity index (χ2n) is 3.92. The lowest BCUT2D eigenvalue weighted by molar-refractivity contribution is -0.138. The first-order valence-electron chi connectivity index (χ1n) is 6.54. The molecule has 0 aliphatic carbocycles. The molecule has 0 unspecified atom stereocenters. The molecule has 1 rings (SSSR count). The molecule has 7 heteroatoms. The van der Waals surface area contributed by atoms with Crippen LogP contribution in [0.15, 0.2) is 30.0 Å². The van der Waals surface area contributed by atoms with E-state index in [-0.39, 0.29) is 29.4 Å². The molecule has 1 aromatic carbocycles. The second-order valence-corrected chi connectivity index (χ2v) is 4.30. The molecule has 0 fully saturated rings. The summed E-state index contributed by atoms with van der Waals surface area (Å²) in [7, 11) is 0. The first-order valence-corrected chi connectivity index (χ1v) is 6.92. The number of carbonyl (C=O) groups is 2. The van der Waals surface area contributed by atoms with Crippen molar-refractivity contribution >= 4 is 29.2 Å². The zero-order valence-corrected chi connectivity index (χ0v) is 12.9. The van der Waals surface area contributed by atoms with Crippen molar-refractivity contribution in [2.45, 2.75) is 13.8 Å². The van der Waals surface area contributed by atoms with Gasteiger partial charge in [0.1, 0.15) is 6.07 Å². The van der Waals surface area contributed by atoms with Gasteiger partial charge in [-0.1, -0.05) is 17.7 Å². The van der Waals surface area contributed by atoms with Gasteiger partial charge in [-0.25, -0.2) is 9.59 Å². The molecule has 0 bridgehead atoms. The van der Waals surface area contributed by atoms with E-state index < -0.39 is 11.9 Å². The Labute approximate surface area is 133 Å². The summed E-state index contributed by atoms with van der Waals surface area (Å²) in [4.78, 5) is 23.2. The maximum Gasteiger partial charge on any atom is 0.350 e. The lowest BCUT2D eigenvalue weighted by atomic mass is 10.2. The molecule has 0 atom stereocenters. The number of hydrogen-bond acceptors (Lipinski definition) is 6. The first-order chi connectivity index (χ1) is 10.5. The molecular weight excluding hydrogens is 308 g/mol. The van der Waals surface area contributed by atoms with Crippen LogP contribution in [0.25, 0.3) is 0 Å². The van der Waals surface area contributed by atoms with E-state index in [1.54, 1.807) is 32.0 Å². The van der Waals surface area contributed by atoms with Crippen LogP contribution in [-0.2, 0) is 14.3 Å². The SMILES string of the molecule is CCOC(=O)C(C#N)=CNc1cccc(C(=O)OCC)c1Cl. The molecule has 1 aromatic rings. The van der Waals surface area contributed by atoms with Gasteiger partial charge in [0.2, 0.25) is 0 Å². The summed E-state index contributed by atoms with van der Waals surface area (Å²) in [6.07, 6.45) is 1.17. The Morgan fingerprint density at radius 3 is 2.59 bits per heavy atom. The first kappa shape index (κ1) is 17.5. The molecule has 0 saturated heterocycles. The van der Waals surface area contributed by atoms with E-state index in [9.17, 15) is 9.59 Å². The van der Waals surface area contributed by atoms with Crippen molar-refractivity contribution in [3.63, 3.8) is 0 Å². The summed E-state index contributed by atoms with van der Waals surface area (Å²) in [5.74, 6) is -1.29. The molecule has 0 amide bonds. The number of benzene rings is 1. The van der Waals surface area contributed by atoms with Crippen LogP contribution in [0, 0.1) is 11.3 Å². The maximum atomic E-state index is 11.7. The molecule has 0 radical (unpaired) electrons. The van der Waals surface area contributed by atoms with Crippen LogP contribution in [0.2, 0.25) is 5.02 Å².